The van der Waals surface area contributed by atoms with E-state index in [0.717, 1.165) is 32.1 Å². The minimum atomic E-state index is 0.457. The lowest BCUT2D eigenvalue weighted by atomic mass is 10.1. The molecule has 24 heavy (non-hydrogen) atoms. The average molecular weight is 332 g/mol. The first-order valence-electron chi connectivity index (χ1n) is 9.25. The molecule has 0 radical (unpaired) electrons. The number of ether oxygens (including phenoxy) is 1. The summed E-state index contributed by atoms with van der Waals surface area (Å²) in [6.07, 6.45) is 13.0. The molecule has 1 heterocycles. The number of nitrogens with one attached hydrogen (secondary N) is 2. The molecule has 2 N–H and O–H groups in total. The zero-order chi connectivity index (χ0) is 17.0. The fraction of sp³-hybridized carbons (Fsp3) is 0.684. The first-order valence-corrected chi connectivity index (χ1v) is 9.25. The summed E-state index contributed by atoms with van der Waals surface area (Å²) < 4.78 is 6.00. The van der Waals surface area contributed by atoms with Gasteiger partial charge in [0, 0.05) is 32.5 Å². The van der Waals surface area contributed by atoms with Crippen LogP contribution in [0.2, 0.25) is 0 Å². The summed E-state index contributed by atoms with van der Waals surface area (Å²) in [5.41, 5.74) is 2.56. The van der Waals surface area contributed by atoms with Crippen LogP contribution in [0.15, 0.2) is 23.5 Å². The second kappa shape index (κ2) is 11.0. The largest absolute Gasteiger partial charge is 0.376 e. The van der Waals surface area contributed by atoms with Gasteiger partial charge in [0.05, 0.1) is 12.7 Å². The molecule has 0 amide bonds. The topological polar surface area (TPSA) is 58.5 Å². The fourth-order valence-corrected chi connectivity index (χ4v) is 3.12. The molecule has 5 heteroatoms. The quantitative estimate of drug-likeness (QED) is 0.349. The molecule has 5 nitrogen and oxygen atoms in total. The summed E-state index contributed by atoms with van der Waals surface area (Å²) in [4.78, 5) is 8.40. The van der Waals surface area contributed by atoms with Crippen LogP contribution in [0, 0.1) is 6.92 Å². The first kappa shape index (κ1) is 18.7. The van der Waals surface area contributed by atoms with Crippen molar-refractivity contribution in [3.8, 4) is 0 Å². The highest BCUT2D eigenvalue weighted by Crippen LogP contribution is 2.19. The van der Waals surface area contributed by atoms with Crippen LogP contribution in [0.25, 0.3) is 0 Å². The van der Waals surface area contributed by atoms with E-state index in [2.05, 4.69) is 33.6 Å². The van der Waals surface area contributed by atoms with Crippen LogP contribution in [0.4, 0.5) is 0 Å². The van der Waals surface area contributed by atoms with Gasteiger partial charge in [0.1, 0.15) is 0 Å². The van der Waals surface area contributed by atoms with Crippen molar-refractivity contribution < 1.29 is 4.74 Å². The predicted molar refractivity (Wildman–Crippen MR) is 99.5 cm³/mol. The van der Waals surface area contributed by atoms with Crippen molar-refractivity contribution in [1.29, 1.82) is 0 Å². The number of aromatic nitrogens is 1. The zero-order valence-corrected chi connectivity index (χ0v) is 15.2. The van der Waals surface area contributed by atoms with E-state index >= 15 is 0 Å². The number of pyridine rings is 1. The van der Waals surface area contributed by atoms with Crippen molar-refractivity contribution in [2.24, 2.45) is 4.99 Å². The van der Waals surface area contributed by atoms with E-state index in [1.54, 1.807) is 7.05 Å². The molecule has 1 aromatic heterocycles. The second-order valence-electron chi connectivity index (χ2n) is 6.46. The Morgan fingerprint density at radius 1 is 1.21 bits per heavy atom. The van der Waals surface area contributed by atoms with Gasteiger partial charge in [0.25, 0.3) is 0 Å². The number of nitrogens with zero attached hydrogens (tertiary/aromatic N) is 2. The first-order chi connectivity index (χ1) is 11.8. The lowest BCUT2D eigenvalue weighted by molar-refractivity contribution is 0.0468. The lowest BCUT2D eigenvalue weighted by Crippen LogP contribution is -2.40. The van der Waals surface area contributed by atoms with Crippen molar-refractivity contribution in [3.63, 3.8) is 0 Å². The molecule has 0 spiro atoms. The van der Waals surface area contributed by atoms with Gasteiger partial charge >= 0.3 is 0 Å². The van der Waals surface area contributed by atoms with Crippen LogP contribution in [0.5, 0.6) is 0 Å². The van der Waals surface area contributed by atoms with E-state index in [-0.39, 0.29) is 0 Å². The summed E-state index contributed by atoms with van der Waals surface area (Å²) in [6, 6.07) is 2.08. The summed E-state index contributed by atoms with van der Waals surface area (Å²) >= 11 is 0. The number of rotatable bonds is 7. The zero-order valence-electron chi connectivity index (χ0n) is 15.2. The number of hydrogen-bond donors (Lipinski definition) is 2. The third-order valence-electron chi connectivity index (χ3n) is 4.60. The molecular weight excluding hydrogens is 300 g/mol. The van der Waals surface area contributed by atoms with Crippen LogP contribution in [0.3, 0.4) is 0 Å². The molecule has 0 atom stereocenters. The van der Waals surface area contributed by atoms with Gasteiger partial charge in [-0.05, 0) is 43.4 Å². The maximum Gasteiger partial charge on any atom is 0.191 e. The highest BCUT2D eigenvalue weighted by molar-refractivity contribution is 5.79. The molecule has 1 saturated carbocycles. The molecule has 0 aromatic carbocycles. The van der Waals surface area contributed by atoms with Crippen molar-refractivity contribution in [2.45, 2.75) is 58.0 Å². The van der Waals surface area contributed by atoms with E-state index in [1.165, 1.54) is 49.7 Å². The highest BCUT2D eigenvalue weighted by atomic mass is 16.5. The molecule has 2 rings (SSSR count). The number of hydrogen-bond acceptors (Lipinski definition) is 3. The van der Waals surface area contributed by atoms with E-state index in [0.29, 0.717) is 6.10 Å². The predicted octanol–water partition coefficient (Wildman–Crippen LogP) is 2.84. The fourth-order valence-electron chi connectivity index (χ4n) is 3.12. The van der Waals surface area contributed by atoms with Gasteiger partial charge < -0.3 is 15.4 Å². The van der Waals surface area contributed by atoms with Gasteiger partial charge in [-0.2, -0.15) is 0 Å². The molecule has 0 aliphatic heterocycles. The normalized spacial score (nSPS) is 16.7. The Balaban J connectivity index is 1.59. The molecular formula is C19H32N4O. The smallest absolute Gasteiger partial charge is 0.191 e. The van der Waals surface area contributed by atoms with Gasteiger partial charge in [0.2, 0.25) is 0 Å². The van der Waals surface area contributed by atoms with E-state index in [9.17, 15) is 0 Å². The van der Waals surface area contributed by atoms with Crippen LogP contribution in [0.1, 0.15) is 49.7 Å². The minimum absolute atomic E-state index is 0.457. The molecule has 0 bridgehead atoms. The Hall–Kier alpha value is -1.62. The summed E-state index contributed by atoms with van der Waals surface area (Å²) in [6.45, 7) is 4.49. The van der Waals surface area contributed by atoms with Gasteiger partial charge in [0.15, 0.2) is 5.96 Å². The van der Waals surface area contributed by atoms with Crippen molar-refractivity contribution in [1.82, 2.24) is 15.6 Å². The molecule has 1 aliphatic carbocycles. The highest BCUT2D eigenvalue weighted by Gasteiger charge is 2.12. The Labute approximate surface area is 146 Å². The Kier molecular flexibility index (Phi) is 8.60. The Morgan fingerprint density at radius 3 is 2.67 bits per heavy atom. The standard InChI is InChI=1S/C19H32N4O/c1-16-15-21-11-9-17(16)10-12-22-19(20-2)23-13-14-24-18-7-5-3-4-6-8-18/h9,11,15,18H,3-8,10,12-14H2,1-2H3,(H2,20,22,23). The monoisotopic (exact) mass is 332 g/mol. The maximum atomic E-state index is 6.00. The van der Waals surface area contributed by atoms with Crippen LogP contribution < -0.4 is 10.6 Å². The van der Waals surface area contributed by atoms with E-state index < -0.39 is 0 Å². The molecule has 134 valence electrons. The summed E-state index contributed by atoms with van der Waals surface area (Å²) in [5, 5.41) is 6.68. The SMILES string of the molecule is CN=C(NCCOC1CCCCCC1)NCCc1ccncc1C. The van der Waals surface area contributed by atoms with Gasteiger partial charge in [-0.25, -0.2) is 0 Å². The van der Waals surface area contributed by atoms with E-state index in [4.69, 9.17) is 4.74 Å². The van der Waals surface area contributed by atoms with Crippen LogP contribution in [-0.4, -0.2) is 43.8 Å². The number of guanidine groups is 1. The van der Waals surface area contributed by atoms with Gasteiger partial charge in [-0.1, -0.05) is 25.7 Å². The molecule has 1 aromatic rings. The summed E-state index contributed by atoms with van der Waals surface area (Å²) in [5.74, 6) is 0.839. The number of aryl methyl sites for hydroxylation is 1. The summed E-state index contributed by atoms with van der Waals surface area (Å²) in [7, 11) is 1.80. The second-order valence-corrected chi connectivity index (χ2v) is 6.46. The maximum absolute atomic E-state index is 6.00. The lowest BCUT2D eigenvalue weighted by Gasteiger charge is -2.17. The van der Waals surface area contributed by atoms with E-state index in [1.807, 2.05) is 12.4 Å². The van der Waals surface area contributed by atoms with Crippen LogP contribution >= 0.6 is 0 Å². The molecule has 0 saturated heterocycles. The minimum Gasteiger partial charge on any atom is -0.376 e. The molecule has 1 aliphatic rings. The third-order valence-corrected chi connectivity index (χ3v) is 4.60. The van der Waals surface area contributed by atoms with Crippen molar-refractivity contribution >= 4 is 5.96 Å². The van der Waals surface area contributed by atoms with Gasteiger partial charge in [-0.3, -0.25) is 9.98 Å². The van der Waals surface area contributed by atoms with Crippen molar-refractivity contribution in [2.75, 3.05) is 26.7 Å². The third kappa shape index (κ3) is 6.87. The average Bonchev–Trinajstić information content (AvgIpc) is 2.87. The Morgan fingerprint density at radius 2 is 1.96 bits per heavy atom. The number of aliphatic imine (C=N–C) groups is 1. The Bertz CT molecular complexity index is 496. The molecule has 0 unspecified atom stereocenters. The van der Waals surface area contributed by atoms with Gasteiger partial charge in [-0.15, -0.1) is 0 Å². The van der Waals surface area contributed by atoms with Crippen LogP contribution in [-0.2, 0) is 11.2 Å². The van der Waals surface area contributed by atoms with Crippen molar-refractivity contribution in [3.05, 3.63) is 29.6 Å². The molecule has 1 fully saturated rings.